The van der Waals surface area contributed by atoms with E-state index in [4.69, 9.17) is 43.0 Å². The fourth-order valence-electron chi connectivity index (χ4n) is 3.79. The molecule has 188 valence electrons. The van der Waals surface area contributed by atoms with Gasteiger partial charge in [0, 0.05) is 35.2 Å². The van der Waals surface area contributed by atoms with Crippen LogP contribution in [0.4, 0.5) is 0 Å². The molecule has 8 nitrogen and oxygen atoms in total. The van der Waals surface area contributed by atoms with E-state index in [1.807, 2.05) is 12.1 Å². The number of halogens is 2. The predicted octanol–water partition coefficient (Wildman–Crippen LogP) is 3.55. The summed E-state index contributed by atoms with van der Waals surface area (Å²) in [6, 6.07) is 10.5. The Hall–Kier alpha value is -2.94. The van der Waals surface area contributed by atoms with Gasteiger partial charge in [-0.05, 0) is 61.3 Å². The van der Waals surface area contributed by atoms with E-state index in [0.29, 0.717) is 40.6 Å². The van der Waals surface area contributed by atoms with Crippen molar-refractivity contribution >= 4 is 46.8 Å². The summed E-state index contributed by atoms with van der Waals surface area (Å²) in [4.78, 5) is 45.9. The SMILES string of the molecule is CCN(CC)CCNC(=O)C1Cc2ccc(C(=O)c3cc(Cl)ccc3Cl)cc2C1.O=C(O)C(=O)O. The summed E-state index contributed by atoms with van der Waals surface area (Å²) in [6.07, 6.45) is 1.36. The number of nitrogens with zero attached hydrogens (tertiary/aromatic N) is 1. The molecule has 0 fully saturated rings. The first-order chi connectivity index (χ1) is 16.6. The summed E-state index contributed by atoms with van der Waals surface area (Å²) < 4.78 is 0. The van der Waals surface area contributed by atoms with E-state index >= 15 is 0 Å². The maximum absolute atomic E-state index is 12.9. The van der Waals surface area contributed by atoms with Gasteiger partial charge in [0.2, 0.25) is 5.91 Å². The van der Waals surface area contributed by atoms with Crippen LogP contribution in [0.25, 0.3) is 0 Å². The van der Waals surface area contributed by atoms with Crippen molar-refractivity contribution in [1.29, 1.82) is 0 Å². The molecule has 10 heteroatoms. The van der Waals surface area contributed by atoms with Crippen molar-refractivity contribution in [2.45, 2.75) is 26.7 Å². The number of rotatable bonds is 8. The van der Waals surface area contributed by atoms with Gasteiger partial charge in [-0.3, -0.25) is 9.59 Å². The second-order valence-electron chi connectivity index (χ2n) is 7.97. The van der Waals surface area contributed by atoms with Crippen molar-refractivity contribution in [1.82, 2.24) is 10.2 Å². The first-order valence-corrected chi connectivity index (χ1v) is 11.9. The summed E-state index contributed by atoms with van der Waals surface area (Å²) >= 11 is 12.2. The number of aliphatic carboxylic acids is 2. The lowest BCUT2D eigenvalue weighted by atomic mass is 9.99. The van der Waals surface area contributed by atoms with Crippen LogP contribution in [0.3, 0.4) is 0 Å². The summed E-state index contributed by atoms with van der Waals surface area (Å²) in [6.45, 7) is 7.72. The predicted molar refractivity (Wildman–Crippen MR) is 133 cm³/mol. The summed E-state index contributed by atoms with van der Waals surface area (Å²) in [5, 5.41) is 18.7. The minimum atomic E-state index is -1.82. The number of carbonyl (C=O) groups excluding carboxylic acids is 2. The molecule has 0 aromatic heterocycles. The van der Waals surface area contributed by atoms with Crippen molar-refractivity contribution in [3.05, 3.63) is 68.7 Å². The summed E-state index contributed by atoms with van der Waals surface area (Å²) in [5.74, 6) is -3.81. The molecule has 1 aliphatic rings. The highest BCUT2D eigenvalue weighted by molar-refractivity contribution is 6.36. The Labute approximate surface area is 213 Å². The molecule has 0 saturated heterocycles. The Kier molecular flexibility index (Phi) is 10.7. The molecule has 2 aromatic rings. The van der Waals surface area contributed by atoms with Gasteiger partial charge in [0.05, 0.1) is 5.02 Å². The highest BCUT2D eigenvalue weighted by Gasteiger charge is 2.28. The second kappa shape index (κ2) is 13.2. The molecule has 1 amide bonds. The number of likely N-dealkylation sites (N-methyl/N-ethyl adjacent to an activating group) is 1. The number of ketones is 1. The molecule has 3 rings (SSSR count). The molecule has 3 N–H and O–H groups in total. The number of amides is 1. The molecule has 1 unspecified atom stereocenters. The first kappa shape index (κ1) is 28.3. The average molecular weight is 523 g/mol. The minimum absolute atomic E-state index is 0.0817. The largest absolute Gasteiger partial charge is 0.473 e. The van der Waals surface area contributed by atoms with E-state index in [-0.39, 0.29) is 17.6 Å². The van der Waals surface area contributed by atoms with Crippen LogP contribution in [-0.4, -0.2) is 64.9 Å². The van der Waals surface area contributed by atoms with E-state index in [2.05, 4.69) is 24.1 Å². The van der Waals surface area contributed by atoms with Gasteiger partial charge in [0.25, 0.3) is 0 Å². The topological polar surface area (TPSA) is 124 Å². The van der Waals surface area contributed by atoms with Crippen molar-refractivity contribution in [2.24, 2.45) is 5.92 Å². The maximum Gasteiger partial charge on any atom is 0.414 e. The van der Waals surface area contributed by atoms with E-state index in [0.717, 1.165) is 30.8 Å². The average Bonchev–Trinajstić information content (AvgIpc) is 3.27. The Balaban J connectivity index is 0.000000641. The number of hydrogen-bond acceptors (Lipinski definition) is 5. The Bertz CT molecular complexity index is 1090. The zero-order valence-electron chi connectivity index (χ0n) is 19.5. The van der Waals surface area contributed by atoms with Gasteiger partial charge >= 0.3 is 11.9 Å². The Morgan fingerprint density at radius 1 is 0.943 bits per heavy atom. The fraction of sp³-hybridized carbons (Fsp3) is 0.360. The molecule has 0 aliphatic heterocycles. The molecule has 1 atom stereocenters. The van der Waals surface area contributed by atoms with Gasteiger partial charge in [-0.25, -0.2) is 9.59 Å². The number of carboxylic acids is 2. The molecule has 1 aliphatic carbocycles. The molecule has 0 heterocycles. The molecule has 2 aromatic carbocycles. The maximum atomic E-state index is 12.9. The highest BCUT2D eigenvalue weighted by atomic mass is 35.5. The van der Waals surface area contributed by atoms with Crippen LogP contribution in [0.2, 0.25) is 10.0 Å². The van der Waals surface area contributed by atoms with Crippen LogP contribution >= 0.6 is 23.2 Å². The van der Waals surface area contributed by atoms with Crippen LogP contribution < -0.4 is 5.32 Å². The van der Waals surface area contributed by atoms with Crippen LogP contribution in [0, 0.1) is 5.92 Å². The van der Waals surface area contributed by atoms with Crippen LogP contribution in [0.1, 0.15) is 40.9 Å². The number of carbonyl (C=O) groups is 4. The van der Waals surface area contributed by atoms with Gasteiger partial charge in [-0.15, -0.1) is 0 Å². The number of carboxylic acid groups (broad SMARTS) is 2. The second-order valence-corrected chi connectivity index (χ2v) is 8.81. The number of fused-ring (bicyclic) bond motifs is 1. The van der Waals surface area contributed by atoms with Crippen molar-refractivity contribution in [3.63, 3.8) is 0 Å². The summed E-state index contributed by atoms with van der Waals surface area (Å²) in [7, 11) is 0. The first-order valence-electron chi connectivity index (χ1n) is 11.1. The van der Waals surface area contributed by atoms with E-state index in [1.54, 1.807) is 24.3 Å². The van der Waals surface area contributed by atoms with E-state index in [9.17, 15) is 9.59 Å². The van der Waals surface area contributed by atoms with E-state index in [1.165, 1.54) is 0 Å². The molecular weight excluding hydrogens is 495 g/mol. The molecule has 0 radical (unpaired) electrons. The smallest absolute Gasteiger partial charge is 0.414 e. The van der Waals surface area contributed by atoms with Crippen LogP contribution in [0.5, 0.6) is 0 Å². The minimum Gasteiger partial charge on any atom is -0.473 e. The molecule has 0 saturated carbocycles. The zero-order chi connectivity index (χ0) is 26.1. The standard InChI is InChI=1S/C23H26Cl2N2O2.C2H2O4/c1-3-27(4-2)10-9-26-23(29)18-11-15-5-6-16(12-17(15)13-18)22(28)20-14-19(24)7-8-21(20)25;3-1(4)2(5)6/h5-8,12,14,18H,3-4,9-11,13H2,1-2H3,(H,26,29);(H,3,4)(H,5,6). The highest BCUT2D eigenvalue weighted by Crippen LogP contribution is 2.30. The Morgan fingerprint density at radius 3 is 2.17 bits per heavy atom. The third kappa shape index (κ3) is 8.06. The van der Waals surface area contributed by atoms with Crippen LogP contribution in [-0.2, 0) is 27.2 Å². The molecule has 35 heavy (non-hydrogen) atoms. The van der Waals surface area contributed by atoms with Gasteiger partial charge in [-0.1, -0.05) is 49.2 Å². The van der Waals surface area contributed by atoms with Crippen LogP contribution in [0.15, 0.2) is 36.4 Å². The number of hydrogen-bond donors (Lipinski definition) is 3. The normalized spacial score (nSPS) is 14.0. The molecule has 0 bridgehead atoms. The lowest BCUT2D eigenvalue weighted by Crippen LogP contribution is -2.37. The molecule has 0 spiro atoms. The monoisotopic (exact) mass is 522 g/mol. The summed E-state index contributed by atoms with van der Waals surface area (Å²) in [5.41, 5.74) is 3.14. The third-order valence-electron chi connectivity index (χ3n) is 5.75. The van der Waals surface area contributed by atoms with Gasteiger partial charge in [-0.2, -0.15) is 0 Å². The van der Waals surface area contributed by atoms with Gasteiger partial charge in [0.1, 0.15) is 0 Å². The Morgan fingerprint density at radius 2 is 1.57 bits per heavy atom. The van der Waals surface area contributed by atoms with Crippen molar-refractivity contribution < 1.29 is 29.4 Å². The van der Waals surface area contributed by atoms with Gasteiger partial charge in [0.15, 0.2) is 5.78 Å². The zero-order valence-corrected chi connectivity index (χ0v) is 21.0. The third-order valence-corrected chi connectivity index (χ3v) is 6.31. The van der Waals surface area contributed by atoms with Crippen molar-refractivity contribution in [3.8, 4) is 0 Å². The van der Waals surface area contributed by atoms with E-state index < -0.39 is 11.9 Å². The number of nitrogens with one attached hydrogen (secondary N) is 1. The number of benzene rings is 2. The lowest BCUT2D eigenvalue weighted by Gasteiger charge is -2.18. The lowest BCUT2D eigenvalue weighted by molar-refractivity contribution is -0.159. The fourth-order valence-corrected chi connectivity index (χ4v) is 4.17. The quantitative estimate of drug-likeness (QED) is 0.357. The van der Waals surface area contributed by atoms with Gasteiger partial charge < -0.3 is 20.4 Å². The van der Waals surface area contributed by atoms with Crippen molar-refractivity contribution in [2.75, 3.05) is 26.2 Å². The molecular formula is C25H28Cl2N2O6.